The highest BCUT2D eigenvalue weighted by Gasteiger charge is 2.17. The zero-order valence-electron chi connectivity index (χ0n) is 19.4. The van der Waals surface area contributed by atoms with Crippen LogP contribution in [-0.2, 0) is 4.74 Å². The lowest BCUT2D eigenvalue weighted by molar-refractivity contribution is 0.122. The van der Waals surface area contributed by atoms with Crippen molar-refractivity contribution in [3.8, 4) is 5.75 Å². The van der Waals surface area contributed by atoms with Gasteiger partial charge >= 0.3 is 0 Å². The highest BCUT2D eigenvalue weighted by Crippen LogP contribution is 2.28. The number of hydrogen-bond donors (Lipinski definition) is 2. The van der Waals surface area contributed by atoms with Gasteiger partial charge in [-0.05, 0) is 68.8 Å². The molecule has 36 heavy (non-hydrogen) atoms. The second-order valence-electron chi connectivity index (χ2n) is 7.91. The Bertz CT molecular complexity index is 1410. The molecule has 1 aromatic heterocycles. The first-order valence-electron chi connectivity index (χ1n) is 11.3. The minimum absolute atomic E-state index is 0.338. The van der Waals surface area contributed by atoms with Crippen LogP contribution in [0.2, 0.25) is 0 Å². The number of anilines is 4. The van der Waals surface area contributed by atoms with E-state index in [1.807, 2.05) is 30.3 Å². The summed E-state index contributed by atoms with van der Waals surface area (Å²) in [6.07, 6.45) is 1.71. The Kier molecular flexibility index (Phi) is 7.96. The zero-order chi connectivity index (χ0) is 24.9. The van der Waals surface area contributed by atoms with Crippen LogP contribution in [-0.4, -0.2) is 54.6 Å². The lowest BCUT2D eigenvalue weighted by Crippen LogP contribution is -2.37. The van der Waals surface area contributed by atoms with E-state index in [-0.39, 0.29) is 0 Å². The van der Waals surface area contributed by atoms with Crippen LogP contribution < -0.4 is 20.4 Å². The number of halogens is 2. The van der Waals surface area contributed by atoms with E-state index in [1.165, 1.54) is 0 Å². The van der Waals surface area contributed by atoms with Crippen molar-refractivity contribution in [1.29, 1.82) is 0 Å². The molecule has 0 unspecified atom stereocenters. The van der Waals surface area contributed by atoms with Crippen molar-refractivity contribution in [2.75, 3.05) is 49.1 Å². The van der Waals surface area contributed by atoms with E-state index in [2.05, 4.69) is 100 Å². The predicted octanol–water partition coefficient (Wildman–Crippen LogP) is 5.27. The van der Waals surface area contributed by atoms with E-state index in [9.17, 15) is 0 Å². The second kappa shape index (κ2) is 11.5. The number of ether oxygens (including phenoxy) is 2. The molecule has 11 heteroatoms. The molecule has 2 heterocycles. The van der Waals surface area contributed by atoms with Gasteiger partial charge in [-0.2, -0.15) is 20.1 Å². The van der Waals surface area contributed by atoms with Crippen molar-refractivity contribution in [2.24, 2.45) is 5.10 Å². The van der Waals surface area contributed by atoms with Gasteiger partial charge in [0, 0.05) is 33.3 Å². The van der Waals surface area contributed by atoms with E-state index in [0.717, 1.165) is 34.9 Å². The van der Waals surface area contributed by atoms with Gasteiger partial charge in [-0.3, -0.25) is 0 Å². The maximum atomic E-state index is 5.55. The van der Waals surface area contributed by atoms with Gasteiger partial charge in [0.15, 0.2) is 0 Å². The van der Waals surface area contributed by atoms with Crippen LogP contribution in [0.25, 0.3) is 10.8 Å². The number of hydrazone groups is 1. The SMILES string of the molecule is COc1c(I)cc(I)cc1/C=N\Nc1nc(Nc2cccc3ccccc23)nc(N2CCOCC2)n1. The molecule has 9 nitrogen and oxygen atoms in total. The molecule has 3 aromatic carbocycles. The fourth-order valence-corrected chi connectivity index (χ4v) is 5.99. The largest absolute Gasteiger partial charge is 0.495 e. The molecule has 5 rings (SSSR count). The lowest BCUT2D eigenvalue weighted by Gasteiger charge is -2.27. The van der Waals surface area contributed by atoms with Gasteiger partial charge in [-0.15, -0.1) is 0 Å². The van der Waals surface area contributed by atoms with Gasteiger partial charge in [-0.1, -0.05) is 36.4 Å². The first kappa shape index (κ1) is 24.9. The molecule has 0 spiro atoms. The molecule has 1 fully saturated rings. The first-order valence-corrected chi connectivity index (χ1v) is 13.4. The summed E-state index contributed by atoms with van der Waals surface area (Å²) in [6.45, 7) is 2.67. The summed E-state index contributed by atoms with van der Waals surface area (Å²) in [6, 6.07) is 18.3. The van der Waals surface area contributed by atoms with Crippen LogP contribution in [0.4, 0.5) is 23.5 Å². The number of nitrogens with one attached hydrogen (secondary N) is 2. The molecule has 1 aliphatic heterocycles. The average molecular weight is 707 g/mol. The summed E-state index contributed by atoms with van der Waals surface area (Å²) >= 11 is 4.53. The van der Waals surface area contributed by atoms with E-state index < -0.39 is 0 Å². The van der Waals surface area contributed by atoms with Crippen LogP contribution in [0.3, 0.4) is 0 Å². The van der Waals surface area contributed by atoms with E-state index in [0.29, 0.717) is 44.1 Å². The number of hydrogen-bond acceptors (Lipinski definition) is 9. The Morgan fingerprint density at radius 1 is 1.00 bits per heavy atom. The molecule has 0 amide bonds. The standard InChI is InChI=1S/C25H23I2N7O2/c1-35-22-17(13-18(26)14-20(22)27)15-28-33-24-30-23(31-25(32-24)34-9-11-36-12-10-34)29-21-8-4-6-16-5-2-3-7-19(16)21/h2-8,13-15H,9-12H2,1H3,(H2,29,30,31,32,33)/b28-15-. The minimum Gasteiger partial charge on any atom is -0.495 e. The summed E-state index contributed by atoms with van der Waals surface area (Å²) in [5, 5.41) is 9.99. The molecular formula is C25H23I2N7O2. The number of benzene rings is 3. The zero-order valence-corrected chi connectivity index (χ0v) is 23.7. The molecule has 1 saturated heterocycles. The Morgan fingerprint density at radius 3 is 2.61 bits per heavy atom. The van der Waals surface area contributed by atoms with Crippen molar-refractivity contribution >= 4 is 85.7 Å². The lowest BCUT2D eigenvalue weighted by atomic mass is 10.1. The second-order valence-corrected chi connectivity index (χ2v) is 10.3. The van der Waals surface area contributed by atoms with Crippen molar-refractivity contribution in [2.45, 2.75) is 0 Å². The monoisotopic (exact) mass is 707 g/mol. The Labute approximate surface area is 236 Å². The van der Waals surface area contributed by atoms with Crippen LogP contribution in [0.15, 0.2) is 59.7 Å². The van der Waals surface area contributed by atoms with Gasteiger partial charge in [0.1, 0.15) is 5.75 Å². The van der Waals surface area contributed by atoms with Gasteiger partial charge in [0.2, 0.25) is 17.8 Å². The fraction of sp³-hybridized carbons (Fsp3) is 0.200. The normalized spacial score (nSPS) is 13.8. The summed E-state index contributed by atoms with van der Waals surface area (Å²) in [5.74, 6) is 2.10. The number of fused-ring (bicyclic) bond motifs is 1. The number of methoxy groups -OCH3 is 1. The Balaban J connectivity index is 1.46. The summed E-state index contributed by atoms with van der Waals surface area (Å²) < 4.78 is 13.2. The quantitative estimate of drug-likeness (QED) is 0.153. The van der Waals surface area contributed by atoms with E-state index >= 15 is 0 Å². The van der Waals surface area contributed by atoms with E-state index in [4.69, 9.17) is 14.5 Å². The fourth-order valence-electron chi connectivity index (χ4n) is 3.88. The molecular weight excluding hydrogens is 684 g/mol. The highest BCUT2D eigenvalue weighted by atomic mass is 127. The van der Waals surface area contributed by atoms with Gasteiger partial charge < -0.3 is 19.7 Å². The van der Waals surface area contributed by atoms with Crippen LogP contribution >= 0.6 is 45.2 Å². The van der Waals surface area contributed by atoms with Crippen molar-refractivity contribution in [1.82, 2.24) is 15.0 Å². The smallest absolute Gasteiger partial charge is 0.250 e. The van der Waals surface area contributed by atoms with Crippen LogP contribution in [0.1, 0.15) is 5.56 Å². The molecule has 2 N–H and O–H groups in total. The molecule has 0 bridgehead atoms. The maximum Gasteiger partial charge on any atom is 0.250 e. The third-order valence-corrected chi connectivity index (χ3v) is 6.99. The summed E-state index contributed by atoms with van der Waals surface area (Å²) in [4.78, 5) is 16.0. The molecule has 4 aromatic rings. The Hall–Kier alpha value is -2.78. The highest BCUT2D eigenvalue weighted by molar-refractivity contribution is 14.1. The molecule has 0 radical (unpaired) electrons. The molecule has 0 atom stereocenters. The van der Waals surface area contributed by atoms with Crippen LogP contribution in [0, 0.1) is 7.14 Å². The van der Waals surface area contributed by atoms with Gasteiger partial charge in [0.25, 0.3) is 0 Å². The van der Waals surface area contributed by atoms with Gasteiger partial charge in [-0.25, -0.2) is 5.43 Å². The number of morpholine rings is 1. The topological polar surface area (TPSA) is 96.8 Å². The van der Waals surface area contributed by atoms with E-state index in [1.54, 1.807) is 13.3 Å². The summed E-state index contributed by atoms with van der Waals surface area (Å²) in [5.41, 5.74) is 4.75. The molecule has 1 aliphatic rings. The number of nitrogens with zero attached hydrogens (tertiary/aromatic N) is 5. The third kappa shape index (κ3) is 5.78. The average Bonchev–Trinajstić information content (AvgIpc) is 2.89. The predicted molar refractivity (Wildman–Crippen MR) is 160 cm³/mol. The van der Waals surface area contributed by atoms with Crippen LogP contribution in [0.5, 0.6) is 5.75 Å². The van der Waals surface area contributed by atoms with Crippen molar-refractivity contribution in [3.63, 3.8) is 0 Å². The first-order chi connectivity index (χ1) is 17.6. The minimum atomic E-state index is 0.338. The third-order valence-electron chi connectivity index (χ3n) is 5.56. The Morgan fingerprint density at radius 2 is 1.78 bits per heavy atom. The molecule has 184 valence electrons. The number of rotatable bonds is 7. The van der Waals surface area contributed by atoms with Gasteiger partial charge in [0.05, 0.1) is 30.1 Å². The molecule has 0 aliphatic carbocycles. The number of aromatic nitrogens is 3. The van der Waals surface area contributed by atoms with Crippen molar-refractivity contribution in [3.05, 3.63) is 67.3 Å². The summed E-state index contributed by atoms with van der Waals surface area (Å²) in [7, 11) is 1.65. The maximum absolute atomic E-state index is 5.55. The molecule has 0 saturated carbocycles. The van der Waals surface area contributed by atoms with Crippen molar-refractivity contribution < 1.29 is 9.47 Å².